The Kier molecular flexibility index (Phi) is 7.39. The van der Waals surface area contributed by atoms with Crippen LogP contribution in [0.1, 0.15) is 51.1 Å². The van der Waals surface area contributed by atoms with Crippen molar-refractivity contribution in [1.29, 1.82) is 0 Å². The maximum absolute atomic E-state index is 11.6. The van der Waals surface area contributed by atoms with Crippen LogP contribution in [0, 0.1) is 0 Å². The van der Waals surface area contributed by atoms with Crippen LogP contribution in [0.3, 0.4) is 0 Å². The van der Waals surface area contributed by atoms with E-state index in [1.165, 1.54) is 17.7 Å². The fourth-order valence-electron chi connectivity index (χ4n) is 4.93. The number of nitrogens with zero attached hydrogens (tertiary/aromatic N) is 5. The highest BCUT2D eigenvalue weighted by Gasteiger charge is 2.27. The van der Waals surface area contributed by atoms with E-state index in [0.29, 0.717) is 12.4 Å². The molecule has 0 atom stereocenters. The van der Waals surface area contributed by atoms with E-state index in [1.54, 1.807) is 13.1 Å². The predicted molar refractivity (Wildman–Crippen MR) is 146 cm³/mol. The van der Waals surface area contributed by atoms with Crippen LogP contribution in [-0.4, -0.2) is 43.1 Å². The number of carbonyl (C=O) groups excluding carboxylic acids is 1. The van der Waals surface area contributed by atoms with Gasteiger partial charge in [0.25, 0.3) is 5.56 Å². The lowest BCUT2D eigenvalue weighted by molar-refractivity contribution is -0.119. The first-order chi connectivity index (χ1) is 18.4. The van der Waals surface area contributed by atoms with Crippen molar-refractivity contribution >= 4 is 22.6 Å². The lowest BCUT2D eigenvalue weighted by Gasteiger charge is -2.29. The summed E-state index contributed by atoms with van der Waals surface area (Å²) in [5.74, 6) is 1.26. The van der Waals surface area contributed by atoms with Crippen molar-refractivity contribution in [1.82, 2.24) is 29.9 Å². The highest BCUT2D eigenvalue weighted by molar-refractivity contribution is 5.94. The average Bonchev–Trinajstić information content (AvgIpc) is 3.29. The van der Waals surface area contributed by atoms with Crippen molar-refractivity contribution in [2.75, 3.05) is 11.9 Å². The monoisotopic (exact) mass is 515 g/mol. The van der Waals surface area contributed by atoms with Crippen LogP contribution in [0.4, 0.5) is 5.82 Å². The number of carbonyl (C=O) groups is 1. The molecule has 38 heavy (non-hydrogen) atoms. The molecule has 0 spiro atoms. The first-order valence-corrected chi connectivity index (χ1v) is 13.1. The number of nitrogens with one attached hydrogen (secondary N) is 2. The summed E-state index contributed by atoms with van der Waals surface area (Å²) in [4.78, 5) is 27.5. The lowest BCUT2D eigenvalue weighted by Crippen LogP contribution is -2.27. The second-order valence-corrected chi connectivity index (χ2v) is 9.70. The molecule has 198 valence electrons. The van der Waals surface area contributed by atoms with Gasteiger partial charge in [-0.3, -0.25) is 14.3 Å². The van der Waals surface area contributed by atoms with Gasteiger partial charge >= 0.3 is 0 Å². The van der Waals surface area contributed by atoms with Gasteiger partial charge in [0.1, 0.15) is 17.6 Å². The maximum atomic E-state index is 11.6. The largest absolute Gasteiger partial charge is 0.473 e. The van der Waals surface area contributed by atoms with Crippen molar-refractivity contribution in [2.24, 2.45) is 7.05 Å². The molecule has 3 aromatic heterocycles. The third-order valence-electron chi connectivity index (χ3n) is 6.93. The topological polar surface area (TPSA) is 116 Å². The Balaban J connectivity index is 1.38. The number of aromatic nitrogens is 5. The Hall–Kier alpha value is -4.21. The molecular formula is C28H33N7O3. The van der Waals surface area contributed by atoms with Gasteiger partial charge in [0.05, 0.1) is 11.6 Å². The number of hydrogen-bond acceptors (Lipinski definition) is 7. The predicted octanol–water partition coefficient (Wildman–Crippen LogP) is 3.82. The summed E-state index contributed by atoms with van der Waals surface area (Å²) in [6, 6.07) is 13.6. The molecule has 0 radical (unpaired) electrons. The molecule has 1 fully saturated rings. The number of rotatable bonds is 8. The molecule has 0 bridgehead atoms. The summed E-state index contributed by atoms with van der Waals surface area (Å²) in [6.45, 7) is 4.86. The molecule has 3 heterocycles. The smallest absolute Gasteiger partial charge is 0.266 e. The zero-order valence-electron chi connectivity index (χ0n) is 22.0. The number of amides is 1. The van der Waals surface area contributed by atoms with Crippen LogP contribution in [-0.2, 0) is 18.4 Å². The van der Waals surface area contributed by atoms with Gasteiger partial charge < -0.3 is 15.4 Å². The molecule has 10 heteroatoms. The zero-order chi connectivity index (χ0) is 26.6. The molecule has 1 saturated carbocycles. The van der Waals surface area contributed by atoms with Gasteiger partial charge in [-0.15, -0.1) is 5.10 Å². The second-order valence-electron chi connectivity index (χ2n) is 9.70. The molecule has 10 nitrogen and oxygen atoms in total. The van der Waals surface area contributed by atoms with Crippen molar-refractivity contribution in [3.63, 3.8) is 0 Å². The summed E-state index contributed by atoms with van der Waals surface area (Å²) in [7, 11) is 1.62. The molecule has 1 amide bonds. The van der Waals surface area contributed by atoms with Crippen molar-refractivity contribution in [3.05, 3.63) is 64.6 Å². The SMILES string of the molecule is CCNc1cc2c(cn1)c(-c1ccc(CNC(C)=O)cc1)nn2[C@H]1CC[C@@H](Oc2ccc(=O)n(C)n2)CC1. The number of ether oxygens (including phenoxy) is 1. The van der Waals surface area contributed by atoms with Gasteiger partial charge in [-0.05, 0) is 38.2 Å². The molecule has 4 aromatic rings. The Bertz CT molecular complexity index is 1480. The number of anilines is 1. The van der Waals surface area contributed by atoms with E-state index < -0.39 is 0 Å². The number of pyridine rings is 1. The fourth-order valence-corrected chi connectivity index (χ4v) is 4.93. The van der Waals surface area contributed by atoms with Gasteiger partial charge in [0.2, 0.25) is 11.8 Å². The van der Waals surface area contributed by atoms with Crippen molar-refractivity contribution in [2.45, 2.75) is 58.2 Å². The van der Waals surface area contributed by atoms with Crippen LogP contribution in [0.25, 0.3) is 22.2 Å². The Morgan fingerprint density at radius 2 is 1.84 bits per heavy atom. The Morgan fingerprint density at radius 1 is 1.08 bits per heavy atom. The Labute approximate surface area is 221 Å². The standard InChI is InChI=1S/C28H33N7O3/c1-4-29-25-15-24-23(17-31-25)28(20-7-5-19(6-8-20)16-30-18(2)36)33-35(24)21-9-11-22(12-10-21)38-26-13-14-27(37)34(3)32-26/h5-8,13-15,17,21-22H,4,9-12,16H2,1-3H3,(H,29,31)(H,30,36)/t21-,22+. The number of benzene rings is 1. The van der Waals surface area contributed by atoms with Gasteiger partial charge in [0, 0.05) is 62.4 Å². The minimum atomic E-state index is -0.156. The third-order valence-corrected chi connectivity index (χ3v) is 6.93. The minimum absolute atomic E-state index is 0.0488. The molecule has 1 aromatic carbocycles. The second kappa shape index (κ2) is 11.0. The van der Waals surface area contributed by atoms with E-state index in [0.717, 1.165) is 65.8 Å². The molecule has 0 unspecified atom stereocenters. The first-order valence-electron chi connectivity index (χ1n) is 13.1. The summed E-state index contributed by atoms with van der Waals surface area (Å²) in [6.07, 6.45) is 5.52. The molecule has 1 aliphatic carbocycles. The van der Waals surface area contributed by atoms with E-state index in [9.17, 15) is 9.59 Å². The number of fused-ring (bicyclic) bond motifs is 1. The normalized spacial score (nSPS) is 17.3. The molecule has 1 aliphatic rings. The quantitative estimate of drug-likeness (QED) is 0.366. The van der Waals surface area contributed by atoms with Crippen molar-refractivity contribution in [3.8, 4) is 17.1 Å². The summed E-state index contributed by atoms with van der Waals surface area (Å²) in [5.41, 5.74) is 3.84. The third kappa shape index (κ3) is 5.53. The highest BCUT2D eigenvalue weighted by Crippen LogP contribution is 2.36. The van der Waals surface area contributed by atoms with Gasteiger partial charge in [-0.2, -0.15) is 5.10 Å². The molecule has 2 N–H and O–H groups in total. The van der Waals surface area contributed by atoms with E-state index >= 15 is 0 Å². The van der Waals surface area contributed by atoms with E-state index in [2.05, 4.69) is 38.4 Å². The zero-order valence-corrected chi connectivity index (χ0v) is 22.0. The highest BCUT2D eigenvalue weighted by atomic mass is 16.5. The van der Waals surface area contributed by atoms with Gasteiger partial charge in [-0.25, -0.2) is 9.67 Å². The first kappa shape index (κ1) is 25.4. The van der Waals surface area contributed by atoms with Gasteiger partial charge in [-0.1, -0.05) is 24.3 Å². The molecule has 0 saturated heterocycles. The van der Waals surface area contributed by atoms with Gasteiger partial charge in [0.15, 0.2) is 0 Å². The van der Waals surface area contributed by atoms with E-state index in [-0.39, 0.29) is 23.6 Å². The number of hydrogen-bond donors (Lipinski definition) is 2. The van der Waals surface area contributed by atoms with Crippen LogP contribution in [0.2, 0.25) is 0 Å². The van der Waals surface area contributed by atoms with Crippen LogP contribution >= 0.6 is 0 Å². The van der Waals surface area contributed by atoms with Crippen molar-refractivity contribution < 1.29 is 9.53 Å². The Morgan fingerprint density at radius 3 is 2.53 bits per heavy atom. The van der Waals surface area contributed by atoms with E-state index in [1.807, 2.05) is 30.5 Å². The minimum Gasteiger partial charge on any atom is -0.473 e. The molecule has 5 rings (SSSR count). The summed E-state index contributed by atoms with van der Waals surface area (Å²) < 4.78 is 9.53. The maximum Gasteiger partial charge on any atom is 0.266 e. The average molecular weight is 516 g/mol. The van der Waals surface area contributed by atoms with Crippen LogP contribution in [0.15, 0.2) is 53.5 Å². The summed E-state index contributed by atoms with van der Waals surface area (Å²) >= 11 is 0. The van der Waals surface area contributed by atoms with Crippen LogP contribution in [0.5, 0.6) is 5.88 Å². The fraction of sp³-hybridized carbons (Fsp3) is 0.393. The van der Waals surface area contributed by atoms with Crippen LogP contribution < -0.4 is 20.9 Å². The summed E-state index contributed by atoms with van der Waals surface area (Å²) in [5, 5.41) is 16.5. The molecule has 0 aliphatic heterocycles. The van der Waals surface area contributed by atoms with E-state index in [4.69, 9.17) is 9.84 Å². The lowest BCUT2D eigenvalue weighted by atomic mass is 9.93. The number of aryl methyl sites for hydroxylation is 1. The molecular weight excluding hydrogens is 482 g/mol.